The Morgan fingerprint density at radius 3 is 2.67 bits per heavy atom. The molecule has 2 atom stereocenters. The number of rotatable bonds is 2. The Kier molecular flexibility index (Phi) is 4.51. The largest absolute Gasteiger partial charge is 0.390 e. The Bertz CT molecular complexity index is 812. The quantitative estimate of drug-likeness (QED) is 0.728. The van der Waals surface area contributed by atoms with Crippen molar-refractivity contribution in [2.75, 3.05) is 5.32 Å². The fraction of sp³-hybridized carbons (Fsp3) is 0.176. The maximum atomic E-state index is 13.4. The minimum absolute atomic E-state index is 0.0804. The van der Waals surface area contributed by atoms with Gasteiger partial charge < -0.3 is 15.7 Å². The first kappa shape index (κ1) is 16.4. The predicted molar refractivity (Wildman–Crippen MR) is 87.1 cm³/mol. The summed E-state index contributed by atoms with van der Waals surface area (Å²) in [4.78, 5) is 24.0. The third-order valence-corrected chi connectivity index (χ3v) is 4.18. The van der Waals surface area contributed by atoms with Crippen molar-refractivity contribution in [3.63, 3.8) is 0 Å². The summed E-state index contributed by atoms with van der Waals surface area (Å²) in [6.07, 6.45) is -0.391. The van der Waals surface area contributed by atoms with Crippen LogP contribution in [0, 0.1) is 5.82 Å². The van der Waals surface area contributed by atoms with Crippen LogP contribution < -0.4 is 10.6 Å². The van der Waals surface area contributed by atoms with Crippen molar-refractivity contribution in [3.05, 3.63) is 64.4 Å². The summed E-state index contributed by atoms with van der Waals surface area (Å²) >= 11 is 5.56. The van der Waals surface area contributed by atoms with Crippen LogP contribution in [0.15, 0.2) is 42.5 Å². The third kappa shape index (κ3) is 3.25. The molecule has 7 heteroatoms. The van der Waals surface area contributed by atoms with Gasteiger partial charge in [0.15, 0.2) is 0 Å². The smallest absolute Gasteiger partial charge is 0.313 e. The summed E-state index contributed by atoms with van der Waals surface area (Å²) in [6.45, 7) is 0. The highest BCUT2D eigenvalue weighted by Gasteiger charge is 2.33. The lowest BCUT2D eigenvalue weighted by Gasteiger charge is -2.17. The van der Waals surface area contributed by atoms with Crippen LogP contribution >= 0.6 is 11.6 Å². The van der Waals surface area contributed by atoms with Crippen LogP contribution in [0.3, 0.4) is 0 Å². The van der Waals surface area contributed by atoms with Gasteiger partial charge in [-0.15, -0.1) is 0 Å². The normalized spacial score (nSPS) is 18.8. The highest BCUT2D eigenvalue weighted by Crippen LogP contribution is 2.31. The van der Waals surface area contributed by atoms with Gasteiger partial charge in [-0.3, -0.25) is 9.59 Å². The molecule has 2 amide bonds. The van der Waals surface area contributed by atoms with Crippen molar-refractivity contribution in [2.45, 2.75) is 18.6 Å². The molecule has 0 saturated heterocycles. The predicted octanol–water partition coefficient (Wildman–Crippen LogP) is 2.19. The molecule has 0 aliphatic heterocycles. The average molecular weight is 349 g/mol. The molecular weight excluding hydrogens is 335 g/mol. The number of aliphatic hydroxyl groups is 1. The van der Waals surface area contributed by atoms with Crippen molar-refractivity contribution in [1.82, 2.24) is 5.32 Å². The minimum Gasteiger partial charge on any atom is -0.390 e. The molecule has 0 spiro atoms. The van der Waals surface area contributed by atoms with E-state index in [-0.39, 0.29) is 10.7 Å². The number of halogens is 2. The molecule has 0 heterocycles. The van der Waals surface area contributed by atoms with Gasteiger partial charge in [-0.2, -0.15) is 0 Å². The molecule has 2 aromatic rings. The lowest BCUT2D eigenvalue weighted by molar-refractivity contribution is -0.137. The van der Waals surface area contributed by atoms with Crippen LogP contribution in [-0.2, 0) is 16.0 Å². The van der Waals surface area contributed by atoms with E-state index in [0.717, 1.165) is 17.2 Å². The number of nitrogens with one attached hydrogen (secondary N) is 2. The van der Waals surface area contributed by atoms with Gasteiger partial charge in [0.2, 0.25) is 0 Å². The average Bonchev–Trinajstić information content (AvgIpc) is 2.87. The molecule has 0 fully saturated rings. The number of hydrogen-bond donors (Lipinski definition) is 3. The SMILES string of the molecule is O=C(Nc1ccc(Cl)c(F)c1)C(=O)N[C@H]1c2ccccc2C[C@@H]1O. The Morgan fingerprint density at radius 2 is 1.92 bits per heavy atom. The lowest BCUT2D eigenvalue weighted by atomic mass is 10.1. The van der Waals surface area contributed by atoms with Gasteiger partial charge in [0.1, 0.15) is 5.82 Å². The Labute approximate surface area is 142 Å². The first-order chi connectivity index (χ1) is 11.5. The Morgan fingerprint density at radius 1 is 1.17 bits per heavy atom. The number of amides is 2. The maximum absolute atomic E-state index is 13.4. The maximum Gasteiger partial charge on any atom is 0.313 e. The summed E-state index contributed by atoms with van der Waals surface area (Å²) in [7, 11) is 0. The van der Waals surface area contributed by atoms with Gasteiger partial charge in [0, 0.05) is 12.1 Å². The summed E-state index contributed by atoms with van der Waals surface area (Å²) in [5.41, 5.74) is 1.82. The molecule has 3 rings (SSSR count). The second-order valence-corrected chi connectivity index (χ2v) is 5.91. The molecule has 0 bridgehead atoms. The van der Waals surface area contributed by atoms with E-state index >= 15 is 0 Å². The van der Waals surface area contributed by atoms with E-state index in [1.54, 1.807) is 12.1 Å². The molecule has 1 aliphatic carbocycles. The topological polar surface area (TPSA) is 78.4 Å². The van der Waals surface area contributed by atoms with Crippen molar-refractivity contribution in [2.24, 2.45) is 0 Å². The number of carbonyl (C=O) groups is 2. The Balaban J connectivity index is 1.68. The molecule has 0 unspecified atom stereocenters. The number of benzene rings is 2. The first-order valence-electron chi connectivity index (χ1n) is 7.28. The Hall–Kier alpha value is -2.44. The van der Waals surface area contributed by atoms with Crippen LogP contribution in [-0.4, -0.2) is 23.0 Å². The number of aliphatic hydroxyl groups excluding tert-OH is 1. The molecule has 24 heavy (non-hydrogen) atoms. The zero-order chi connectivity index (χ0) is 17.3. The van der Waals surface area contributed by atoms with E-state index in [0.29, 0.717) is 6.42 Å². The lowest BCUT2D eigenvalue weighted by Crippen LogP contribution is -2.40. The van der Waals surface area contributed by atoms with Crippen molar-refractivity contribution in [1.29, 1.82) is 0 Å². The highest BCUT2D eigenvalue weighted by molar-refractivity contribution is 6.39. The van der Waals surface area contributed by atoms with Gasteiger partial charge >= 0.3 is 11.8 Å². The molecule has 5 nitrogen and oxygen atoms in total. The second kappa shape index (κ2) is 6.59. The first-order valence-corrected chi connectivity index (χ1v) is 7.66. The molecule has 1 aliphatic rings. The number of fused-ring (bicyclic) bond motifs is 1. The van der Waals surface area contributed by atoms with E-state index < -0.39 is 29.8 Å². The molecule has 3 N–H and O–H groups in total. The van der Waals surface area contributed by atoms with Gasteiger partial charge in [0.25, 0.3) is 0 Å². The van der Waals surface area contributed by atoms with Crippen molar-refractivity contribution < 1.29 is 19.1 Å². The van der Waals surface area contributed by atoms with E-state index in [9.17, 15) is 19.1 Å². The minimum atomic E-state index is -0.951. The van der Waals surface area contributed by atoms with Crippen LogP contribution in [0.1, 0.15) is 17.2 Å². The van der Waals surface area contributed by atoms with Crippen molar-refractivity contribution >= 4 is 29.1 Å². The zero-order valence-electron chi connectivity index (χ0n) is 12.4. The van der Waals surface area contributed by atoms with Gasteiger partial charge in [-0.1, -0.05) is 35.9 Å². The summed E-state index contributed by atoms with van der Waals surface area (Å²) in [5, 5.41) is 14.8. The summed E-state index contributed by atoms with van der Waals surface area (Å²) in [5.74, 6) is -2.56. The summed E-state index contributed by atoms with van der Waals surface area (Å²) < 4.78 is 13.4. The monoisotopic (exact) mass is 348 g/mol. The van der Waals surface area contributed by atoms with Crippen molar-refractivity contribution in [3.8, 4) is 0 Å². The molecule has 124 valence electrons. The number of hydrogen-bond acceptors (Lipinski definition) is 3. The molecule has 0 radical (unpaired) electrons. The van der Waals surface area contributed by atoms with Crippen LogP contribution in [0.2, 0.25) is 5.02 Å². The van der Waals surface area contributed by atoms with E-state index in [1.165, 1.54) is 12.1 Å². The van der Waals surface area contributed by atoms with Gasteiger partial charge in [-0.25, -0.2) is 4.39 Å². The van der Waals surface area contributed by atoms with Gasteiger partial charge in [0.05, 0.1) is 17.2 Å². The molecule has 0 aromatic heterocycles. The van der Waals surface area contributed by atoms with Crippen LogP contribution in [0.5, 0.6) is 0 Å². The van der Waals surface area contributed by atoms with Gasteiger partial charge in [-0.05, 0) is 29.3 Å². The number of carbonyl (C=O) groups excluding carboxylic acids is 2. The third-order valence-electron chi connectivity index (χ3n) is 3.87. The molecule has 2 aromatic carbocycles. The molecular formula is C17H14ClFN2O3. The fourth-order valence-electron chi connectivity index (χ4n) is 2.72. The highest BCUT2D eigenvalue weighted by atomic mass is 35.5. The van der Waals surface area contributed by atoms with E-state index in [2.05, 4.69) is 10.6 Å². The fourth-order valence-corrected chi connectivity index (χ4v) is 2.83. The van der Waals surface area contributed by atoms with E-state index in [4.69, 9.17) is 11.6 Å². The number of anilines is 1. The standard InChI is InChI=1S/C17H14ClFN2O3/c18-12-6-5-10(8-13(12)19)20-16(23)17(24)21-15-11-4-2-1-3-9(11)7-14(15)22/h1-6,8,14-15,22H,7H2,(H,20,23)(H,21,24)/t14-,15-/m0/s1. The zero-order valence-corrected chi connectivity index (χ0v) is 13.2. The van der Waals surface area contributed by atoms with Crippen LogP contribution in [0.4, 0.5) is 10.1 Å². The molecule has 0 saturated carbocycles. The van der Waals surface area contributed by atoms with E-state index in [1.807, 2.05) is 12.1 Å². The summed E-state index contributed by atoms with van der Waals surface area (Å²) in [6, 6.07) is 10.3. The second-order valence-electron chi connectivity index (χ2n) is 5.50. The van der Waals surface area contributed by atoms with Crippen LogP contribution in [0.25, 0.3) is 0 Å².